The molecule has 38 heavy (non-hydrogen) atoms. The molecule has 3 nitrogen and oxygen atoms in total. The van der Waals surface area contributed by atoms with Crippen molar-refractivity contribution >= 4 is 11.6 Å². The molecule has 0 radical (unpaired) electrons. The van der Waals surface area contributed by atoms with Crippen molar-refractivity contribution in [2.45, 2.75) is 69.9 Å². The summed E-state index contributed by atoms with van der Waals surface area (Å²) in [4.78, 5) is 32.9. The molecule has 0 saturated heterocycles. The number of rotatable bonds is 4. The molecular formula is C31H27F4NO2. The SMILES string of the molecule is O=C1CC2(CCC2)Cc2nc(C3CCCC3)c(C(=O)c3ccc(C(F)(F)F)cc3)c(-c3ccc(F)cc3)c21. The monoisotopic (exact) mass is 521 g/mol. The van der Waals surface area contributed by atoms with Gasteiger partial charge in [0.15, 0.2) is 11.6 Å². The summed E-state index contributed by atoms with van der Waals surface area (Å²) in [5, 5.41) is 0. The molecule has 0 unspecified atom stereocenters. The van der Waals surface area contributed by atoms with Gasteiger partial charge in [0.25, 0.3) is 0 Å². The Kier molecular flexibility index (Phi) is 6.00. The number of carbonyl (C=O) groups excluding carboxylic acids is 2. The fourth-order valence-corrected chi connectivity index (χ4v) is 6.54. The van der Waals surface area contributed by atoms with Gasteiger partial charge in [0.1, 0.15) is 5.82 Å². The second-order valence-corrected chi connectivity index (χ2v) is 11.1. The summed E-state index contributed by atoms with van der Waals surface area (Å²) in [6.07, 6.45) is 3.22. The molecule has 0 bridgehead atoms. The second kappa shape index (κ2) is 9.14. The van der Waals surface area contributed by atoms with E-state index in [4.69, 9.17) is 4.98 Å². The summed E-state index contributed by atoms with van der Waals surface area (Å²) in [7, 11) is 0. The lowest BCUT2D eigenvalue weighted by molar-refractivity contribution is -0.137. The molecule has 6 rings (SSSR count). The molecule has 1 aromatic heterocycles. The van der Waals surface area contributed by atoms with Crippen LogP contribution in [0.1, 0.15) is 101 Å². The second-order valence-electron chi connectivity index (χ2n) is 11.1. The van der Waals surface area contributed by atoms with E-state index in [1.165, 1.54) is 24.3 Å². The van der Waals surface area contributed by atoms with Crippen LogP contribution in [0.4, 0.5) is 17.6 Å². The van der Waals surface area contributed by atoms with Crippen molar-refractivity contribution in [2.24, 2.45) is 5.41 Å². The number of carbonyl (C=O) groups is 2. The summed E-state index contributed by atoms with van der Waals surface area (Å²) in [6.45, 7) is 0. The highest BCUT2D eigenvalue weighted by atomic mass is 19.4. The molecule has 3 aliphatic rings. The van der Waals surface area contributed by atoms with Gasteiger partial charge in [-0.05, 0) is 67.3 Å². The van der Waals surface area contributed by atoms with E-state index < -0.39 is 23.3 Å². The predicted molar refractivity (Wildman–Crippen MR) is 135 cm³/mol. The van der Waals surface area contributed by atoms with E-state index >= 15 is 0 Å². The average molecular weight is 522 g/mol. The molecule has 7 heteroatoms. The first-order chi connectivity index (χ1) is 18.2. The maximum Gasteiger partial charge on any atom is 0.416 e. The van der Waals surface area contributed by atoms with Crippen LogP contribution in [0.5, 0.6) is 0 Å². The Morgan fingerprint density at radius 3 is 2.11 bits per heavy atom. The highest BCUT2D eigenvalue weighted by molar-refractivity contribution is 6.17. The topological polar surface area (TPSA) is 47.0 Å². The number of aromatic nitrogens is 1. The molecule has 0 aliphatic heterocycles. The van der Waals surface area contributed by atoms with Crippen molar-refractivity contribution in [1.29, 1.82) is 0 Å². The molecule has 0 amide bonds. The molecule has 196 valence electrons. The summed E-state index contributed by atoms with van der Waals surface area (Å²) in [6, 6.07) is 9.89. The number of hydrogen-bond donors (Lipinski definition) is 0. The Labute approximate surface area is 218 Å². The first-order valence-electron chi connectivity index (χ1n) is 13.2. The molecule has 1 spiro atoms. The van der Waals surface area contributed by atoms with E-state index in [2.05, 4.69) is 0 Å². The van der Waals surface area contributed by atoms with Crippen molar-refractivity contribution in [2.75, 3.05) is 0 Å². The van der Waals surface area contributed by atoms with Crippen molar-refractivity contribution < 1.29 is 27.2 Å². The van der Waals surface area contributed by atoms with Gasteiger partial charge in [-0.3, -0.25) is 14.6 Å². The van der Waals surface area contributed by atoms with Crippen LogP contribution in [0.3, 0.4) is 0 Å². The first-order valence-corrected chi connectivity index (χ1v) is 13.2. The summed E-state index contributed by atoms with van der Waals surface area (Å²) in [5.41, 5.74) is 2.16. The number of Topliss-reactive ketones (excluding diaryl/α,β-unsaturated/α-hetero) is 1. The van der Waals surface area contributed by atoms with Crippen molar-refractivity contribution in [3.8, 4) is 11.1 Å². The van der Waals surface area contributed by atoms with E-state index in [1.54, 1.807) is 12.1 Å². The quantitative estimate of drug-likeness (QED) is 0.257. The molecule has 2 fully saturated rings. The van der Waals surface area contributed by atoms with Crippen molar-refractivity contribution in [3.05, 3.63) is 88.0 Å². The Hall–Kier alpha value is -3.35. The van der Waals surface area contributed by atoms with E-state index in [-0.39, 0.29) is 28.2 Å². The number of halogens is 4. The number of fused-ring (bicyclic) bond motifs is 1. The molecule has 3 aliphatic carbocycles. The van der Waals surface area contributed by atoms with Crippen LogP contribution in [-0.4, -0.2) is 16.6 Å². The Balaban J connectivity index is 1.59. The van der Waals surface area contributed by atoms with Crippen LogP contribution >= 0.6 is 0 Å². The van der Waals surface area contributed by atoms with Gasteiger partial charge >= 0.3 is 6.18 Å². The van der Waals surface area contributed by atoms with Gasteiger partial charge < -0.3 is 0 Å². The number of hydrogen-bond acceptors (Lipinski definition) is 3. The molecule has 2 aromatic carbocycles. The lowest BCUT2D eigenvalue weighted by Crippen LogP contribution is -2.39. The highest BCUT2D eigenvalue weighted by Gasteiger charge is 2.46. The molecular weight excluding hydrogens is 494 g/mol. The Morgan fingerprint density at radius 1 is 0.868 bits per heavy atom. The van der Waals surface area contributed by atoms with Gasteiger partial charge in [-0.2, -0.15) is 13.2 Å². The van der Waals surface area contributed by atoms with Gasteiger partial charge in [0.05, 0.1) is 22.5 Å². The van der Waals surface area contributed by atoms with Crippen LogP contribution in [0.2, 0.25) is 0 Å². The lowest BCUT2D eigenvalue weighted by atomic mass is 9.59. The van der Waals surface area contributed by atoms with Crippen LogP contribution in [0, 0.1) is 11.2 Å². The zero-order chi connectivity index (χ0) is 26.7. The number of nitrogens with zero attached hydrogens (tertiary/aromatic N) is 1. The van der Waals surface area contributed by atoms with Gasteiger partial charge in [0.2, 0.25) is 0 Å². The molecule has 0 N–H and O–H groups in total. The normalized spacial score (nSPS) is 18.9. The van der Waals surface area contributed by atoms with E-state index in [1.807, 2.05) is 0 Å². The number of ketones is 2. The number of alkyl halides is 3. The molecule has 2 saturated carbocycles. The van der Waals surface area contributed by atoms with Crippen LogP contribution in [0.25, 0.3) is 11.1 Å². The highest BCUT2D eigenvalue weighted by Crippen LogP contribution is 2.52. The van der Waals surface area contributed by atoms with E-state index in [0.29, 0.717) is 40.9 Å². The minimum atomic E-state index is -4.52. The van der Waals surface area contributed by atoms with Gasteiger partial charge in [-0.15, -0.1) is 0 Å². The third kappa shape index (κ3) is 4.26. The molecule has 3 aromatic rings. The van der Waals surface area contributed by atoms with Gasteiger partial charge in [0, 0.05) is 29.0 Å². The maximum absolute atomic E-state index is 14.1. The van der Waals surface area contributed by atoms with Crippen LogP contribution in [-0.2, 0) is 12.6 Å². The van der Waals surface area contributed by atoms with Crippen molar-refractivity contribution in [1.82, 2.24) is 4.98 Å². The van der Waals surface area contributed by atoms with Crippen LogP contribution < -0.4 is 0 Å². The molecule has 0 atom stereocenters. The summed E-state index contributed by atoms with van der Waals surface area (Å²) >= 11 is 0. The third-order valence-electron chi connectivity index (χ3n) is 8.65. The zero-order valence-electron chi connectivity index (χ0n) is 20.8. The number of pyridine rings is 1. The summed E-state index contributed by atoms with van der Waals surface area (Å²) in [5.74, 6) is -0.963. The first kappa shape index (κ1) is 25.0. The standard InChI is InChI=1S/C31H27F4NO2/c32-22-12-8-18(9-13-22)25-26-23(16-30(14-3-15-30)17-24(26)37)36-28(19-4-1-2-5-19)27(25)29(38)20-6-10-21(11-7-20)31(33,34)35/h6-13,19H,1-5,14-17H2. The third-order valence-corrected chi connectivity index (χ3v) is 8.65. The van der Waals surface area contributed by atoms with Gasteiger partial charge in [-0.25, -0.2) is 4.39 Å². The minimum Gasteiger partial charge on any atom is -0.294 e. The Morgan fingerprint density at radius 2 is 1.53 bits per heavy atom. The number of benzene rings is 2. The Bertz CT molecular complexity index is 1410. The van der Waals surface area contributed by atoms with E-state index in [9.17, 15) is 27.2 Å². The fourth-order valence-electron chi connectivity index (χ4n) is 6.54. The van der Waals surface area contributed by atoms with Crippen molar-refractivity contribution in [3.63, 3.8) is 0 Å². The minimum absolute atomic E-state index is 0.0160. The molecule has 1 heterocycles. The summed E-state index contributed by atoms with van der Waals surface area (Å²) < 4.78 is 53.5. The largest absolute Gasteiger partial charge is 0.416 e. The fraction of sp³-hybridized carbons (Fsp3) is 0.387. The lowest BCUT2D eigenvalue weighted by Gasteiger charge is -2.45. The van der Waals surface area contributed by atoms with Crippen LogP contribution in [0.15, 0.2) is 48.5 Å². The smallest absolute Gasteiger partial charge is 0.294 e. The van der Waals surface area contributed by atoms with Gasteiger partial charge in [-0.1, -0.05) is 43.5 Å². The zero-order valence-corrected chi connectivity index (χ0v) is 20.8. The van der Waals surface area contributed by atoms with E-state index in [0.717, 1.165) is 57.1 Å². The predicted octanol–water partition coefficient (Wildman–Crippen LogP) is 8.09. The maximum atomic E-state index is 14.1. The average Bonchev–Trinajstić information content (AvgIpc) is 3.41.